The molecule has 20 heavy (non-hydrogen) atoms. The topological polar surface area (TPSA) is 0 Å². The monoisotopic (exact) mass is 330 g/mol. The van der Waals surface area contributed by atoms with Crippen molar-refractivity contribution in [3.05, 3.63) is 70.5 Å². The van der Waals surface area contributed by atoms with Crippen molar-refractivity contribution in [3.63, 3.8) is 0 Å². The molecule has 0 bridgehead atoms. The molecule has 2 aromatic carbocycles. The number of rotatable bonds is 5. The Kier molecular flexibility index (Phi) is 5.31. The Bertz CT molecular complexity index is 545. The zero-order valence-electron chi connectivity index (χ0n) is 10.8. The number of hydrogen-bond acceptors (Lipinski definition) is 0. The van der Waals surface area contributed by atoms with Crippen LogP contribution in [0.3, 0.4) is 0 Å². The van der Waals surface area contributed by atoms with E-state index in [0.29, 0.717) is 28.8 Å². The van der Waals surface area contributed by atoms with Gasteiger partial charge >= 0.3 is 0 Å². The van der Waals surface area contributed by atoms with Crippen LogP contribution < -0.4 is 0 Å². The maximum absolute atomic E-state index is 14.0. The molecule has 0 aliphatic rings. The van der Waals surface area contributed by atoms with Gasteiger partial charge in [-0.3, -0.25) is 0 Å². The Morgan fingerprint density at radius 2 is 1.55 bits per heavy atom. The van der Waals surface area contributed by atoms with E-state index in [2.05, 4.69) is 0 Å². The molecule has 2 aromatic rings. The highest BCUT2D eigenvalue weighted by Crippen LogP contribution is 2.34. The summed E-state index contributed by atoms with van der Waals surface area (Å²) >= 11 is 18.4. The van der Waals surface area contributed by atoms with Crippen LogP contribution in [-0.4, -0.2) is 11.8 Å². The first-order valence-corrected chi connectivity index (χ1v) is 7.68. The van der Waals surface area contributed by atoms with E-state index >= 15 is 0 Å². The van der Waals surface area contributed by atoms with Gasteiger partial charge in [0.2, 0.25) is 0 Å². The SMILES string of the molecule is Fc1cccc(Cl)c1CC(CCl)(CCl)c1ccccc1. The fourth-order valence-corrected chi connectivity index (χ4v) is 3.23. The molecule has 0 aromatic heterocycles. The summed E-state index contributed by atoms with van der Waals surface area (Å²) in [7, 11) is 0. The van der Waals surface area contributed by atoms with E-state index in [9.17, 15) is 4.39 Å². The molecule has 2 rings (SSSR count). The molecule has 0 aliphatic heterocycles. The summed E-state index contributed by atoms with van der Waals surface area (Å²) in [5, 5.41) is 0.403. The minimum Gasteiger partial charge on any atom is -0.207 e. The fourth-order valence-electron chi connectivity index (χ4n) is 2.22. The van der Waals surface area contributed by atoms with Gasteiger partial charge in [-0.2, -0.15) is 0 Å². The lowest BCUT2D eigenvalue weighted by molar-refractivity contribution is 0.512. The van der Waals surface area contributed by atoms with E-state index < -0.39 is 5.41 Å². The molecule has 0 saturated carbocycles. The zero-order valence-corrected chi connectivity index (χ0v) is 13.0. The summed E-state index contributed by atoms with van der Waals surface area (Å²) < 4.78 is 14.0. The normalized spacial score (nSPS) is 11.6. The first-order valence-electron chi connectivity index (χ1n) is 6.23. The van der Waals surface area contributed by atoms with Gasteiger partial charge < -0.3 is 0 Å². The van der Waals surface area contributed by atoms with Gasteiger partial charge in [-0.15, -0.1) is 23.2 Å². The maximum atomic E-state index is 14.0. The van der Waals surface area contributed by atoms with Gasteiger partial charge in [-0.25, -0.2) is 4.39 Å². The van der Waals surface area contributed by atoms with Crippen molar-refractivity contribution in [1.29, 1.82) is 0 Å². The molecule has 0 saturated heterocycles. The summed E-state index contributed by atoms with van der Waals surface area (Å²) in [6.07, 6.45) is 0.371. The number of hydrogen-bond donors (Lipinski definition) is 0. The van der Waals surface area contributed by atoms with Gasteiger partial charge in [0.1, 0.15) is 5.82 Å². The summed E-state index contributed by atoms with van der Waals surface area (Å²) in [5.41, 5.74) is 0.916. The zero-order chi connectivity index (χ0) is 14.6. The quantitative estimate of drug-likeness (QED) is 0.640. The lowest BCUT2D eigenvalue weighted by Gasteiger charge is -2.31. The van der Waals surface area contributed by atoms with Crippen LogP contribution in [0.1, 0.15) is 11.1 Å². The number of halogens is 4. The van der Waals surface area contributed by atoms with Gasteiger partial charge in [0.15, 0.2) is 0 Å². The predicted molar refractivity (Wildman–Crippen MR) is 84.7 cm³/mol. The second kappa shape index (κ2) is 6.80. The minimum atomic E-state index is -0.532. The van der Waals surface area contributed by atoms with E-state index in [1.54, 1.807) is 12.1 Å². The highest BCUT2D eigenvalue weighted by atomic mass is 35.5. The Labute approximate surface area is 133 Å². The molecule has 0 N–H and O–H groups in total. The highest BCUT2D eigenvalue weighted by molar-refractivity contribution is 6.31. The molecular weight excluding hydrogens is 318 g/mol. The average molecular weight is 332 g/mol. The highest BCUT2D eigenvalue weighted by Gasteiger charge is 2.32. The standard InChI is InChI=1S/C16H14Cl3F/c17-10-16(11-18,12-5-2-1-3-6-12)9-13-14(19)7-4-8-15(13)20/h1-8H,9-11H2. The number of benzene rings is 2. The van der Waals surface area contributed by atoms with E-state index in [4.69, 9.17) is 34.8 Å². The Morgan fingerprint density at radius 3 is 2.10 bits per heavy atom. The van der Waals surface area contributed by atoms with Crippen LogP contribution in [-0.2, 0) is 11.8 Å². The lowest BCUT2D eigenvalue weighted by atomic mass is 9.78. The second-order valence-corrected chi connectivity index (χ2v) is 5.73. The fraction of sp³-hybridized carbons (Fsp3) is 0.250. The van der Waals surface area contributed by atoms with Crippen molar-refractivity contribution in [3.8, 4) is 0 Å². The van der Waals surface area contributed by atoms with Crippen LogP contribution in [0.4, 0.5) is 4.39 Å². The summed E-state index contributed by atoms with van der Waals surface area (Å²) in [6.45, 7) is 0. The van der Waals surface area contributed by atoms with Crippen molar-refractivity contribution < 1.29 is 4.39 Å². The summed E-state index contributed by atoms with van der Waals surface area (Å²) in [4.78, 5) is 0. The van der Waals surface area contributed by atoms with Crippen LogP contribution in [0, 0.1) is 5.82 Å². The van der Waals surface area contributed by atoms with Gasteiger partial charge in [0.05, 0.1) is 0 Å². The molecule has 0 radical (unpaired) electrons. The van der Waals surface area contributed by atoms with Crippen LogP contribution in [0.5, 0.6) is 0 Å². The smallest absolute Gasteiger partial charge is 0.127 e. The van der Waals surface area contributed by atoms with E-state index in [1.807, 2.05) is 30.3 Å². The summed E-state index contributed by atoms with van der Waals surface area (Å²) in [6, 6.07) is 14.4. The molecule has 106 valence electrons. The molecule has 0 aliphatic carbocycles. The van der Waals surface area contributed by atoms with Crippen LogP contribution >= 0.6 is 34.8 Å². The van der Waals surface area contributed by atoms with E-state index in [1.165, 1.54) is 6.07 Å². The van der Waals surface area contributed by atoms with Crippen LogP contribution in [0.25, 0.3) is 0 Å². The van der Waals surface area contributed by atoms with E-state index in [0.717, 1.165) is 5.56 Å². The third kappa shape index (κ3) is 3.11. The van der Waals surface area contributed by atoms with Crippen molar-refractivity contribution >= 4 is 34.8 Å². The Balaban J connectivity index is 2.45. The molecule has 0 amide bonds. The van der Waals surface area contributed by atoms with E-state index in [-0.39, 0.29) is 5.82 Å². The molecule has 0 atom stereocenters. The van der Waals surface area contributed by atoms with Crippen molar-refractivity contribution in [2.75, 3.05) is 11.8 Å². The van der Waals surface area contributed by atoms with Gasteiger partial charge in [0.25, 0.3) is 0 Å². The third-order valence-electron chi connectivity index (χ3n) is 3.47. The first-order chi connectivity index (χ1) is 9.63. The minimum absolute atomic E-state index is 0.297. The molecule has 0 fully saturated rings. The average Bonchev–Trinajstić information content (AvgIpc) is 2.49. The van der Waals surface area contributed by atoms with Gasteiger partial charge in [-0.1, -0.05) is 48.0 Å². The van der Waals surface area contributed by atoms with Crippen molar-refractivity contribution in [1.82, 2.24) is 0 Å². The first kappa shape index (κ1) is 15.6. The molecule has 0 nitrogen and oxygen atoms in total. The van der Waals surface area contributed by atoms with Crippen molar-refractivity contribution in [2.24, 2.45) is 0 Å². The third-order valence-corrected chi connectivity index (χ3v) is 4.85. The van der Waals surface area contributed by atoms with Crippen molar-refractivity contribution in [2.45, 2.75) is 11.8 Å². The van der Waals surface area contributed by atoms with Crippen LogP contribution in [0.15, 0.2) is 48.5 Å². The molecule has 4 heteroatoms. The largest absolute Gasteiger partial charge is 0.207 e. The summed E-state index contributed by atoms with van der Waals surface area (Å²) in [5.74, 6) is 0.268. The molecule has 0 heterocycles. The van der Waals surface area contributed by atoms with Gasteiger partial charge in [0, 0.05) is 27.8 Å². The Hall–Kier alpha value is -0.760. The maximum Gasteiger partial charge on any atom is 0.127 e. The second-order valence-electron chi connectivity index (χ2n) is 4.79. The molecular formula is C16H14Cl3F. The predicted octanol–water partition coefficient (Wildman–Crippen LogP) is 5.44. The Morgan fingerprint density at radius 1 is 0.900 bits per heavy atom. The van der Waals surface area contributed by atoms with Crippen LogP contribution in [0.2, 0.25) is 5.02 Å². The number of alkyl halides is 2. The molecule has 0 unspecified atom stereocenters. The molecule has 0 spiro atoms. The lowest BCUT2D eigenvalue weighted by Crippen LogP contribution is -2.33. The van der Waals surface area contributed by atoms with Gasteiger partial charge in [-0.05, 0) is 24.1 Å².